The zero-order chi connectivity index (χ0) is 22.0. The van der Waals surface area contributed by atoms with E-state index in [0.29, 0.717) is 0 Å². The third-order valence-electron chi connectivity index (χ3n) is 6.55. The lowest BCUT2D eigenvalue weighted by Crippen LogP contribution is -2.37. The molecule has 0 aliphatic heterocycles. The quantitative estimate of drug-likeness (QED) is 0.159. The highest BCUT2D eigenvalue weighted by molar-refractivity contribution is 5.14. The molecule has 2 rings (SSSR count). The SMILES string of the molecule is CCCCCCCCCCCCCc1n(CCCC)cc[n+]1CCCc1ccccc1. The summed E-state index contributed by atoms with van der Waals surface area (Å²) in [5.41, 5.74) is 1.46. The van der Waals surface area contributed by atoms with Crippen LogP contribution in [0.3, 0.4) is 0 Å². The van der Waals surface area contributed by atoms with Crippen molar-refractivity contribution in [2.75, 3.05) is 0 Å². The molecule has 0 spiro atoms. The van der Waals surface area contributed by atoms with Crippen molar-refractivity contribution in [2.24, 2.45) is 0 Å². The second-order valence-corrected chi connectivity index (χ2v) is 9.33. The van der Waals surface area contributed by atoms with Crippen LogP contribution in [0.15, 0.2) is 42.7 Å². The van der Waals surface area contributed by atoms with Gasteiger partial charge in [-0.25, -0.2) is 9.13 Å². The van der Waals surface area contributed by atoms with Crippen molar-refractivity contribution in [3.63, 3.8) is 0 Å². The van der Waals surface area contributed by atoms with E-state index in [9.17, 15) is 0 Å². The van der Waals surface area contributed by atoms with E-state index in [1.165, 1.54) is 115 Å². The Balaban J connectivity index is 1.68. The first-order valence-electron chi connectivity index (χ1n) is 13.5. The molecule has 0 saturated heterocycles. The van der Waals surface area contributed by atoms with Crippen molar-refractivity contribution < 1.29 is 4.57 Å². The van der Waals surface area contributed by atoms with Crippen molar-refractivity contribution in [1.29, 1.82) is 0 Å². The number of rotatable bonds is 19. The van der Waals surface area contributed by atoms with Gasteiger partial charge < -0.3 is 0 Å². The molecule has 0 radical (unpaired) electrons. The first kappa shape index (κ1) is 25.7. The van der Waals surface area contributed by atoms with Gasteiger partial charge in [-0.2, -0.15) is 0 Å². The molecule has 0 N–H and O–H groups in total. The molecule has 0 unspecified atom stereocenters. The number of nitrogens with zero attached hydrogens (tertiary/aromatic N) is 2. The fraction of sp³-hybridized carbons (Fsp3) is 0.690. The van der Waals surface area contributed by atoms with Gasteiger partial charge >= 0.3 is 0 Å². The summed E-state index contributed by atoms with van der Waals surface area (Å²) in [6.45, 7) is 6.91. The summed E-state index contributed by atoms with van der Waals surface area (Å²) < 4.78 is 5.07. The molecule has 1 aromatic heterocycles. The molecule has 2 nitrogen and oxygen atoms in total. The summed E-state index contributed by atoms with van der Waals surface area (Å²) in [4.78, 5) is 0. The van der Waals surface area contributed by atoms with Crippen LogP contribution in [0.25, 0.3) is 0 Å². The van der Waals surface area contributed by atoms with E-state index in [1.807, 2.05) is 0 Å². The zero-order valence-electron chi connectivity index (χ0n) is 20.7. The van der Waals surface area contributed by atoms with Gasteiger partial charge in [0.15, 0.2) is 0 Å². The van der Waals surface area contributed by atoms with Gasteiger partial charge in [-0.15, -0.1) is 0 Å². The van der Waals surface area contributed by atoms with Crippen LogP contribution >= 0.6 is 0 Å². The van der Waals surface area contributed by atoms with Crippen LogP contribution in [0.2, 0.25) is 0 Å². The fourth-order valence-corrected chi connectivity index (χ4v) is 4.57. The molecule has 2 aromatic rings. The largest absolute Gasteiger partial charge is 0.256 e. The molecule has 0 saturated carbocycles. The number of aryl methyl sites for hydroxylation is 3. The van der Waals surface area contributed by atoms with Crippen LogP contribution in [0.1, 0.15) is 115 Å². The standard InChI is InChI=1S/C29H49N2/c1-3-5-7-8-9-10-11-12-13-14-18-23-29-30(24-6-4-2)26-27-31(29)25-19-22-28-20-16-15-17-21-28/h15-17,20-21,26-27H,3-14,18-19,22-25H2,1-2H3/q+1. The van der Waals surface area contributed by atoms with Crippen molar-refractivity contribution >= 4 is 0 Å². The second-order valence-electron chi connectivity index (χ2n) is 9.33. The van der Waals surface area contributed by atoms with E-state index in [-0.39, 0.29) is 0 Å². The smallest absolute Gasteiger partial charge is 0.234 e. The molecule has 174 valence electrons. The van der Waals surface area contributed by atoms with E-state index >= 15 is 0 Å². The Bertz CT molecular complexity index is 659. The molecular formula is C29H49N2+. The molecule has 0 fully saturated rings. The average Bonchev–Trinajstić information content (AvgIpc) is 3.18. The Kier molecular flexibility index (Phi) is 14.1. The maximum atomic E-state index is 2.54. The Morgan fingerprint density at radius 2 is 1.26 bits per heavy atom. The Hall–Kier alpha value is -1.57. The molecule has 0 amide bonds. The third-order valence-corrected chi connectivity index (χ3v) is 6.55. The van der Waals surface area contributed by atoms with E-state index < -0.39 is 0 Å². The normalized spacial score (nSPS) is 11.3. The molecule has 0 bridgehead atoms. The van der Waals surface area contributed by atoms with Crippen LogP contribution in [0.5, 0.6) is 0 Å². The first-order chi connectivity index (χ1) is 15.3. The molecule has 1 aromatic carbocycles. The predicted octanol–water partition coefficient (Wildman–Crippen LogP) is 8.06. The average molecular weight is 426 g/mol. The minimum atomic E-state index is 1.14. The first-order valence-corrected chi connectivity index (χ1v) is 13.5. The van der Waals surface area contributed by atoms with Crippen molar-refractivity contribution in [3.8, 4) is 0 Å². The predicted molar refractivity (Wildman–Crippen MR) is 134 cm³/mol. The minimum Gasteiger partial charge on any atom is -0.234 e. The maximum absolute atomic E-state index is 2.54. The van der Waals surface area contributed by atoms with Gasteiger partial charge in [-0.3, -0.25) is 0 Å². The van der Waals surface area contributed by atoms with E-state index in [0.717, 1.165) is 6.54 Å². The van der Waals surface area contributed by atoms with Crippen LogP contribution in [-0.2, 0) is 25.9 Å². The molecule has 1 heterocycles. The van der Waals surface area contributed by atoms with Crippen LogP contribution in [0.4, 0.5) is 0 Å². The molecule has 0 atom stereocenters. The van der Waals surface area contributed by atoms with Crippen molar-refractivity contribution in [3.05, 3.63) is 54.1 Å². The lowest BCUT2D eigenvalue weighted by molar-refractivity contribution is -0.704. The van der Waals surface area contributed by atoms with E-state index in [2.05, 4.69) is 65.7 Å². The Morgan fingerprint density at radius 3 is 1.90 bits per heavy atom. The van der Waals surface area contributed by atoms with Crippen molar-refractivity contribution in [1.82, 2.24) is 4.57 Å². The maximum Gasteiger partial charge on any atom is 0.256 e. The number of benzene rings is 1. The third kappa shape index (κ3) is 11.0. The molecule has 0 aliphatic rings. The van der Waals surface area contributed by atoms with Crippen LogP contribution in [-0.4, -0.2) is 4.57 Å². The second kappa shape index (κ2) is 17.0. The summed E-state index contributed by atoms with van der Waals surface area (Å²) in [5.74, 6) is 1.55. The molecule has 31 heavy (non-hydrogen) atoms. The number of hydrogen-bond donors (Lipinski definition) is 0. The number of aromatic nitrogens is 2. The van der Waals surface area contributed by atoms with Gasteiger partial charge in [0.05, 0.1) is 13.1 Å². The number of hydrogen-bond acceptors (Lipinski definition) is 0. The highest BCUT2D eigenvalue weighted by atomic mass is 15.1. The summed E-state index contributed by atoms with van der Waals surface area (Å²) in [6.07, 6.45) is 26.4. The van der Waals surface area contributed by atoms with Gasteiger partial charge in [0, 0.05) is 6.42 Å². The molecule has 0 aliphatic carbocycles. The van der Waals surface area contributed by atoms with Gasteiger partial charge in [0.2, 0.25) is 0 Å². The summed E-state index contributed by atoms with van der Waals surface area (Å²) in [5, 5.41) is 0. The Morgan fingerprint density at radius 1 is 0.645 bits per heavy atom. The Labute approximate surface area is 193 Å². The highest BCUT2D eigenvalue weighted by Gasteiger charge is 2.16. The van der Waals surface area contributed by atoms with Gasteiger partial charge in [0.1, 0.15) is 12.4 Å². The summed E-state index contributed by atoms with van der Waals surface area (Å²) in [7, 11) is 0. The lowest BCUT2D eigenvalue weighted by atomic mass is 10.1. The topological polar surface area (TPSA) is 8.81 Å². The molecule has 2 heteroatoms. The van der Waals surface area contributed by atoms with Crippen LogP contribution < -0.4 is 4.57 Å². The van der Waals surface area contributed by atoms with Gasteiger partial charge in [-0.05, 0) is 31.2 Å². The zero-order valence-corrected chi connectivity index (χ0v) is 20.7. The van der Waals surface area contributed by atoms with Crippen LogP contribution in [0, 0.1) is 0 Å². The monoisotopic (exact) mass is 425 g/mol. The fourth-order valence-electron chi connectivity index (χ4n) is 4.57. The van der Waals surface area contributed by atoms with E-state index in [4.69, 9.17) is 0 Å². The summed E-state index contributed by atoms with van der Waals surface area (Å²) in [6, 6.07) is 10.9. The van der Waals surface area contributed by atoms with Crippen molar-refractivity contribution in [2.45, 2.75) is 130 Å². The van der Waals surface area contributed by atoms with E-state index in [1.54, 1.807) is 5.82 Å². The number of imidazole rings is 1. The number of unbranched alkanes of at least 4 members (excludes halogenated alkanes) is 11. The summed E-state index contributed by atoms with van der Waals surface area (Å²) >= 11 is 0. The highest BCUT2D eigenvalue weighted by Crippen LogP contribution is 2.13. The molecular weight excluding hydrogens is 376 g/mol. The van der Waals surface area contributed by atoms with Gasteiger partial charge in [-0.1, -0.05) is 115 Å². The van der Waals surface area contributed by atoms with Gasteiger partial charge in [0.25, 0.3) is 5.82 Å². The lowest BCUT2D eigenvalue weighted by Gasteiger charge is -2.06. The minimum absolute atomic E-state index is 1.14.